The molecule has 0 unspecified atom stereocenters. The summed E-state index contributed by atoms with van der Waals surface area (Å²) in [5.41, 5.74) is 3.49. The van der Waals surface area contributed by atoms with E-state index in [0.29, 0.717) is 0 Å². The molecule has 2 heterocycles. The average Bonchev–Trinajstić information content (AvgIpc) is 2.86. The molecular formula is C27H26N2O2S. The molecule has 0 saturated carbocycles. The van der Waals surface area contributed by atoms with E-state index in [1.54, 1.807) is 18.4 Å². The molecule has 4 nitrogen and oxygen atoms in total. The first-order valence-corrected chi connectivity index (χ1v) is 11.8. The van der Waals surface area contributed by atoms with Crippen molar-refractivity contribution >= 4 is 27.1 Å². The molecule has 32 heavy (non-hydrogen) atoms. The maximum atomic E-state index is 13.3. The Balaban J connectivity index is 1.40. The molecule has 5 heteroatoms. The van der Waals surface area contributed by atoms with Crippen LogP contribution in [0.2, 0.25) is 0 Å². The van der Waals surface area contributed by atoms with Gasteiger partial charge in [0.05, 0.1) is 18.8 Å². The predicted octanol–water partition coefficient (Wildman–Crippen LogP) is 5.18. The summed E-state index contributed by atoms with van der Waals surface area (Å²) in [7, 11) is 1.63. The topological polar surface area (TPSA) is 32.8 Å². The second-order valence-corrected chi connectivity index (χ2v) is 8.97. The van der Waals surface area contributed by atoms with Crippen molar-refractivity contribution in [3.05, 3.63) is 106 Å². The smallest absolute Gasteiger partial charge is 0.211 e. The average molecular weight is 443 g/mol. The Kier molecular flexibility index (Phi) is 5.93. The molecule has 1 fully saturated rings. The third-order valence-corrected chi connectivity index (χ3v) is 7.16. The molecule has 0 spiro atoms. The molecule has 1 aliphatic heterocycles. The molecule has 162 valence electrons. The van der Waals surface area contributed by atoms with Crippen LogP contribution in [0.3, 0.4) is 0 Å². The van der Waals surface area contributed by atoms with Gasteiger partial charge >= 0.3 is 0 Å². The van der Waals surface area contributed by atoms with Gasteiger partial charge in [0.1, 0.15) is 5.75 Å². The Bertz CT molecular complexity index is 1210. The van der Waals surface area contributed by atoms with Crippen molar-refractivity contribution in [3.63, 3.8) is 0 Å². The van der Waals surface area contributed by atoms with Crippen molar-refractivity contribution in [2.45, 2.75) is 6.04 Å². The summed E-state index contributed by atoms with van der Waals surface area (Å²) in [6, 6.07) is 27.3. The van der Waals surface area contributed by atoms with Gasteiger partial charge in [-0.05, 0) is 29.3 Å². The van der Waals surface area contributed by atoms with E-state index in [-0.39, 0.29) is 11.5 Å². The molecule has 0 radical (unpaired) electrons. The van der Waals surface area contributed by atoms with E-state index >= 15 is 0 Å². The minimum atomic E-state index is 0.0915. The van der Waals surface area contributed by atoms with Crippen LogP contribution in [0.5, 0.6) is 5.75 Å². The van der Waals surface area contributed by atoms with Gasteiger partial charge in [0.25, 0.3) is 0 Å². The second kappa shape index (κ2) is 9.15. The number of anilines is 1. The summed E-state index contributed by atoms with van der Waals surface area (Å²) >= 11 is 1.62. The van der Waals surface area contributed by atoms with Gasteiger partial charge in [0.15, 0.2) is 0 Å². The van der Waals surface area contributed by atoms with Gasteiger partial charge in [-0.2, -0.15) is 0 Å². The molecule has 4 aromatic rings. The number of benzene rings is 3. The van der Waals surface area contributed by atoms with E-state index in [9.17, 15) is 4.79 Å². The third kappa shape index (κ3) is 4.01. The lowest BCUT2D eigenvalue weighted by Gasteiger charge is -2.40. The summed E-state index contributed by atoms with van der Waals surface area (Å²) < 4.78 is 6.32. The van der Waals surface area contributed by atoms with Crippen LogP contribution in [0.15, 0.2) is 89.0 Å². The van der Waals surface area contributed by atoms with Crippen LogP contribution in [0.25, 0.3) is 10.1 Å². The number of rotatable bonds is 5. The highest BCUT2D eigenvalue weighted by Gasteiger charge is 2.27. The molecule has 0 aliphatic carbocycles. The molecule has 1 aliphatic rings. The predicted molar refractivity (Wildman–Crippen MR) is 133 cm³/mol. The van der Waals surface area contributed by atoms with E-state index in [4.69, 9.17) is 4.74 Å². The number of hydrogen-bond acceptors (Lipinski definition) is 5. The number of nitrogens with zero attached hydrogens (tertiary/aromatic N) is 2. The first-order chi connectivity index (χ1) is 15.7. The molecule has 0 bridgehead atoms. The third-order valence-electron chi connectivity index (χ3n) is 6.21. The van der Waals surface area contributed by atoms with Crippen LogP contribution < -0.4 is 15.1 Å². The fourth-order valence-electron chi connectivity index (χ4n) is 4.55. The van der Waals surface area contributed by atoms with Crippen LogP contribution in [0.1, 0.15) is 17.2 Å². The van der Waals surface area contributed by atoms with E-state index in [1.165, 1.54) is 11.1 Å². The van der Waals surface area contributed by atoms with Crippen LogP contribution in [0, 0.1) is 0 Å². The number of ether oxygens (including phenoxy) is 1. The van der Waals surface area contributed by atoms with Crippen molar-refractivity contribution in [1.82, 2.24) is 4.90 Å². The van der Waals surface area contributed by atoms with E-state index in [2.05, 4.69) is 70.5 Å². The summed E-state index contributed by atoms with van der Waals surface area (Å²) in [5.74, 6) is 0.720. The van der Waals surface area contributed by atoms with Gasteiger partial charge in [0, 0.05) is 41.6 Å². The van der Waals surface area contributed by atoms with Gasteiger partial charge in [-0.1, -0.05) is 60.7 Å². The molecular weight excluding hydrogens is 416 g/mol. The van der Waals surface area contributed by atoms with Crippen molar-refractivity contribution in [1.29, 1.82) is 0 Å². The molecule has 0 N–H and O–H groups in total. The maximum absolute atomic E-state index is 13.3. The van der Waals surface area contributed by atoms with Crippen molar-refractivity contribution in [2.75, 3.05) is 38.2 Å². The van der Waals surface area contributed by atoms with E-state index in [1.807, 2.05) is 23.6 Å². The maximum Gasteiger partial charge on any atom is 0.211 e. The van der Waals surface area contributed by atoms with E-state index < -0.39 is 0 Å². The zero-order chi connectivity index (χ0) is 21.9. The molecule has 0 atom stereocenters. The van der Waals surface area contributed by atoms with Gasteiger partial charge in [-0.25, -0.2) is 0 Å². The molecule has 3 aromatic carbocycles. The lowest BCUT2D eigenvalue weighted by molar-refractivity contribution is 0.212. The zero-order valence-corrected chi connectivity index (χ0v) is 18.9. The van der Waals surface area contributed by atoms with E-state index in [0.717, 1.165) is 47.7 Å². The normalized spacial score (nSPS) is 14.8. The lowest BCUT2D eigenvalue weighted by atomic mass is 9.96. The Hall–Kier alpha value is -3.15. The summed E-state index contributed by atoms with van der Waals surface area (Å²) in [6.07, 6.45) is 0. The standard InChI is InChI=1S/C27H26N2O2S/c1-31-22-12-13-25-23(18-22)27(30)24(19-32-25)28-14-16-29(17-15-28)26(20-8-4-2-5-9-20)21-10-6-3-7-11-21/h2-13,18-19,26H,14-17H2,1H3. The molecule has 1 saturated heterocycles. The van der Waals surface area contributed by atoms with Gasteiger partial charge in [-0.3, -0.25) is 9.69 Å². The Morgan fingerprint density at radius 2 is 1.47 bits per heavy atom. The molecule has 1 aromatic heterocycles. The molecule has 0 amide bonds. The largest absolute Gasteiger partial charge is 0.497 e. The highest BCUT2D eigenvalue weighted by molar-refractivity contribution is 7.16. The lowest BCUT2D eigenvalue weighted by Crippen LogP contribution is -2.49. The van der Waals surface area contributed by atoms with Crippen LogP contribution in [-0.2, 0) is 0 Å². The van der Waals surface area contributed by atoms with Crippen LogP contribution in [0.4, 0.5) is 5.69 Å². The summed E-state index contributed by atoms with van der Waals surface area (Å²) in [4.78, 5) is 18.0. The number of piperazine rings is 1. The van der Waals surface area contributed by atoms with Crippen LogP contribution in [-0.4, -0.2) is 38.2 Å². The fraction of sp³-hybridized carbons (Fsp3) is 0.222. The number of hydrogen-bond donors (Lipinski definition) is 0. The first kappa shape index (κ1) is 20.7. The second-order valence-electron chi connectivity index (χ2n) is 8.06. The summed E-state index contributed by atoms with van der Waals surface area (Å²) in [6.45, 7) is 3.45. The Labute approximate surface area is 192 Å². The number of fused-ring (bicyclic) bond motifs is 1. The Morgan fingerprint density at radius 3 is 2.06 bits per heavy atom. The van der Waals surface area contributed by atoms with Gasteiger partial charge < -0.3 is 9.64 Å². The summed E-state index contributed by atoms with van der Waals surface area (Å²) in [5, 5.41) is 2.75. The highest BCUT2D eigenvalue weighted by atomic mass is 32.1. The zero-order valence-electron chi connectivity index (χ0n) is 18.1. The minimum Gasteiger partial charge on any atom is -0.497 e. The Morgan fingerprint density at radius 1 is 0.844 bits per heavy atom. The molecule has 5 rings (SSSR count). The quantitative estimate of drug-likeness (QED) is 0.426. The fourth-order valence-corrected chi connectivity index (χ4v) is 5.47. The monoisotopic (exact) mass is 442 g/mol. The first-order valence-electron chi connectivity index (χ1n) is 10.9. The van der Waals surface area contributed by atoms with Crippen molar-refractivity contribution < 1.29 is 4.74 Å². The number of methoxy groups -OCH3 is 1. The van der Waals surface area contributed by atoms with Crippen molar-refractivity contribution in [2.24, 2.45) is 0 Å². The highest BCUT2D eigenvalue weighted by Crippen LogP contribution is 2.31. The van der Waals surface area contributed by atoms with Gasteiger partial charge in [-0.15, -0.1) is 11.3 Å². The van der Waals surface area contributed by atoms with Crippen molar-refractivity contribution in [3.8, 4) is 5.75 Å². The minimum absolute atomic E-state index is 0.0915. The van der Waals surface area contributed by atoms with Crippen LogP contribution >= 0.6 is 11.3 Å². The van der Waals surface area contributed by atoms with Gasteiger partial charge in [0.2, 0.25) is 5.43 Å². The SMILES string of the molecule is COc1ccc2scc(N3CCN(C(c4ccccc4)c4ccccc4)CC3)c(=O)c2c1.